The van der Waals surface area contributed by atoms with Gasteiger partial charge in [-0.1, -0.05) is 29.8 Å². The Hall–Kier alpha value is -3.13. The fourth-order valence-corrected chi connectivity index (χ4v) is 5.28. The van der Waals surface area contributed by atoms with Gasteiger partial charge in [-0.2, -0.15) is 0 Å². The van der Waals surface area contributed by atoms with Gasteiger partial charge in [-0.25, -0.2) is 0 Å². The van der Waals surface area contributed by atoms with E-state index in [1.165, 1.54) is 14.0 Å². The number of aromatic nitrogens is 1. The Balaban J connectivity index is 1.77. The number of esters is 2. The molecule has 1 aromatic heterocycles. The highest BCUT2D eigenvalue weighted by atomic mass is 16.5. The lowest BCUT2D eigenvalue weighted by molar-refractivity contribution is -0.156. The van der Waals surface area contributed by atoms with Crippen molar-refractivity contribution in [3.63, 3.8) is 0 Å². The molecule has 4 unspecified atom stereocenters. The summed E-state index contributed by atoms with van der Waals surface area (Å²) in [6.07, 6.45) is 2.87. The lowest BCUT2D eigenvalue weighted by Gasteiger charge is -2.47. The Morgan fingerprint density at radius 2 is 2.06 bits per heavy atom. The van der Waals surface area contributed by atoms with Crippen molar-refractivity contribution < 1.29 is 29.0 Å². The SMILES string of the molecule is CC=C1CN2C(C(=O)O)Cc3c([nH]c4ccccc34)C2CC1C(COC(C)=O)C(=O)OC. The lowest BCUT2D eigenvalue weighted by Crippen LogP contribution is -2.53. The summed E-state index contributed by atoms with van der Waals surface area (Å²) in [5.74, 6) is -2.65. The van der Waals surface area contributed by atoms with E-state index in [1.807, 2.05) is 42.2 Å². The number of carbonyl (C=O) groups excluding carboxylic acids is 2. The number of carboxylic acids is 1. The van der Waals surface area contributed by atoms with Crippen LogP contribution in [0.4, 0.5) is 0 Å². The molecule has 3 heterocycles. The number of ether oxygens (including phenoxy) is 2. The van der Waals surface area contributed by atoms with Crippen molar-refractivity contribution in [3.8, 4) is 0 Å². The molecular weight excluding hydrogens is 412 g/mol. The standard InChI is InChI=1S/C24H28N2O6/c1-4-14-11-26-20(9-16(14)18(24(30)31-3)12-32-13(2)27)22-17(10-21(26)23(28)29)15-7-5-6-8-19(15)25-22/h4-8,16,18,20-21,25H,9-12H2,1-3H3,(H,28,29). The number of carboxylic acid groups (broad SMARTS) is 1. The molecular formula is C24H28N2O6. The number of rotatable bonds is 5. The van der Waals surface area contributed by atoms with Gasteiger partial charge in [0.2, 0.25) is 0 Å². The van der Waals surface area contributed by atoms with Crippen molar-refractivity contribution in [2.24, 2.45) is 11.8 Å². The molecule has 4 rings (SSSR count). The number of allylic oxidation sites excluding steroid dienone is 1. The lowest BCUT2D eigenvalue weighted by atomic mass is 9.74. The average Bonchev–Trinajstić information content (AvgIpc) is 3.16. The third-order valence-electron chi connectivity index (χ3n) is 6.81. The van der Waals surface area contributed by atoms with Gasteiger partial charge >= 0.3 is 17.9 Å². The van der Waals surface area contributed by atoms with Gasteiger partial charge in [-0.05, 0) is 30.9 Å². The minimum absolute atomic E-state index is 0.0708. The van der Waals surface area contributed by atoms with E-state index in [0.717, 1.165) is 27.7 Å². The minimum atomic E-state index is -0.857. The maximum absolute atomic E-state index is 12.6. The number of aliphatic carboxylic acids is 1. The second kappa shape index (κ2) is 8.78. The van der Waals surface area contributed by atoms with Crippen molar-refractivity contribution in [2.45, 2.75) is 38.8 Å². The van der Waals surface area contributed by atoms with E-state index >= 15 is 0 Å². The maximum Gasteiger partial charge on any atom is 0.321 e. The van der Waals surface area contributed by atoms with Crippen LogP contribution in [-0.4, -0.2) is 59.2 Å². The maximum atomic E-state index is 12.6. The predicted molar refractivity (Wildman–Crippen MR) is 117 cm³/mol. The number of aromatic amines is 1. The number of hydrogen-bond acceptors (Lipinski definition) is 6. The molecule has 8 heteroatoms. The number of carbonyl (C=O) groups is 3. The summed E-state index contributed by atoms with van der Waals surface area (Å²) >= 11 is 0. The normalized spacial score (nSPS) is 25.1. The number of benzene rings is 1. The first kappa shape index (κ1) is 22.1. The molecule has 0 aliphatic carbocycles. The Labute approximate surface area is 186 Å². The van der Waals surface area contributed by atoms with E-state index < -0.39 is 29.9 Å². The first-order valence-corrected chi connectivity index (χ1v) is 10.8. The summed E-state index contributed by atoms with van der Waals surface area (Å²) in [4.78, 5) is 41.8. The molecule has 0 spiro atoms. The van der Waals surface area contributed by atoms with Crippen LogP contribution in [0.15, 0.2) is 35.9 Å². The number of para-hydroxylation sites is 1. The Morgan fingerprint density at radius 1 is 1.31 bits per heavy atom. The van der Waals surface area contributed by atoms with Crippen LogP contribution in [-0.2, 0) is 30.3 Å². The fraction of sp³-hybridized carbons (Fsp3) is 0.458. The third kappa shape index (κ3) is 3.79. The molecule has 0 radical (unpaired) electrons. The summed E-state index contributed by atoms with van der Waals surface area (Å²) in [5.41, 5.74) is 3.95. The van der Waals surface area contributed by atoms with Gasteiger partial charge in [0, 0.05) is 36.5 Å². The average molecular weight is 440 g/mol. The number of nitrogens with one attached hydrogen (secondary N) is 1. The zero-order chi connectivity index (χ0) is 23.0. The van der Waals surface area contributed by atoms with E-state index in [1.54, 1.807) is 0 Å². The molecule has 1 saturated heterocycles. The van der Waals surface area contributed by atoms with Gasteiger partial charge in [0.1, 0.15) is 12.6 Å². The Morgan fingerprint density at radius 3 is 2.72 bits per heavy atom. The first-order chi connectivity index (χ1) is 15.3. The highest BCUT2D eigenvalue weighted by Gasteiger charge is 2.47. The summed E-state index contributed by atoms with van der Waals surface area (Å²) in [7, 11) is 1.32. The molecule has 1 fully saturated rings. The summed E-state index contributed by atoms with van der Waals surface area (Å²) < 4.78 is 10.2. The van der Waals surface area contributed by atoms with Crippen LogP contribution < -0.4 is 0 Å². The van der Waals surface area contributed by atoms with E-state index in [2.05, 4.69) is 4.98 Å². The van der Waals surface area contributed by atoms with Crippen LogP contribution in [0.2, 0.25) is 0 Å². The van der Waals surface area contributed by atoms with Gasteiger partial charge in [0.25, 0.3) is 0 Å². The van der Waals surface area contributed by atoms with E-state index in [4.69, 9.17) is 9.47 Å². The van der Waals surface area contributed by atoms with Gasteiger partial charge in [0.05, 0.1) is 19.1 Å². The quantitative estimate of drug-likeness (QED) is 0.544. The zero-order valence-corrected chi connectivity index (χ0v) is 18.5. The minimum Gasteiger partial charge on any atom is -0.480 e. The van der Waals surface area contributed by atoms with Crippen LogP contribution in [0.3, 0.4) is 0 Å². The number of nitrogens with zero attached hydrogens (tertiary/aromatic N) is 1. The Kier molecular flexibility index (Phi) is 6.06. The molecule has 4 atom stereocenters. The fourth-order valence-electron chi connectivity index (χ4n) is 5.28. The summed E-state index contributed by atoms with van der Waals surface area (Å²) in [5, 5.41) is 11.0. The van der Waals surface area contributed by atoms with Crippen LogP contribution in [0.5, 0.6) is 0 Å². The molecule has 0 bridgehead atoms. The molecule has 2 aromatic rings. The molecule has 0 saturated carbocycles. The number of methoxy groups -OCH3 is 1. The number of hydrogen-bond donors (Lipinski definition) is 2. The molecule has 170 valence electrons. The Bertz CT molecular complexity index is 1090. The van der Waals surface area contributed by atoms with Crippen molar-refractivity contribution in [2.75, 3.05) is 20.3 Å². The number of piperidine rings is 1. The zero-order valence-electron chi connectivity index (χ0n) is 18.5. The van der Waals surface area contributed by atoms with Crippen molar-refractivity contribution in [1.29, 1.82) is 0 Å². The second-order valence-electron chi connectivity index (χ2n) is 8.45. The van der Waals surface area contributed by atoms with Crippen LogP contribution >= 0.6 is 0 Å². The largest absolute Gasteiger partial charge is 0.480 e. The predicted octanol–water partition coefficient (Wildman–Crippen LogP) is 2.84. The molecule has 2 N–H and O–H groups in total. The molecule has 1 aromatic carbocycles. The van der Waals surface area contributed by atoms with E-state index in [0.29, 0.717) is 19.4 Å². The molecule has 2 aliphatic heterocycles. The van der Waals surface area contributed by atoms with E-state index in [-0.39, 0.29) is 18.6 Å². The summed E-state index contributed by atoms with van der Waals surface area (Å²) in [6, 6.07) is 7.04. The van der Waals surface area contributed by atoms with Crippen LogP contribution in [0.25, 0.3) is 10.9 Å². The number of H-pyrrole nitrogens is 1. The smallest absolute Gasteiger partial charge is 0.321 e. The molecule has 0 amide bonds. The van der Waals surface area contributed by atoms with E-state index in [9.17, 15) is 19.5 Å². The molecule has 32 heavy (non-hydrogen) atoms. The first-order valence-electron chi connectivity index (χ1n) is 10.8. The van der Waals surface area contributed by atoms with Gasteiger partial charge in [-0.15, -0.1) is 0 Å². The molecule has 2 aliphatic rings. The van der Waals surface area contributed by atoms with Crippen molar-refractivity contribution >= 4 is 28.8 Å². The van der Waals surface area contributed by atoms with Crippen molar-refractivity contribution in [3.05, 3.63) is 47.2 Å². The van der Waals surface area contributed by atoms with Crippen LogP contribution in [0.1, 0.15) is 37.6 Å². The topological polar surface area (TPSA) is 109 Å². The third-order valence-corrected chi connectivity index (χ3v) is 6.81. The van der Waals surface area contributed by atoms with Crippen molar-refractivity contribution in [1.82, 2.24) is 9.88 Å². The number of fused-ring (bicyclic) bond motifs is 5. The highest BCUT2D eigenvalue weighted by molar-refractivity contribution is 5.87. The van der Waals surface area contributed by atoms with Crippen LogP contribution in [0, 0.1) is 11.8 Å². The highest BCUT2D eigenvalue weighted by Crippen LogP contribution is 2.47. The molecule has 8 nitrogen and oxygen atoms in total. The summed E-state index contributed by atoms with van der Waals surface area (Å²) in [6.45, 7) is 3.55. The van der Waals surface area contributed by atoms with Gasteiger partial charge in [0.15, 0.2) is 0 Å². The van der Waals surface area contributed by atoms with Gasteiger partial charge in [-0.3, -0.25) is 19.3 Å². The van der Waals surface area contributed by atoms with Gasteiger partial charge < -0.3 is 19.6 Å². The monoisotopic (exact) mass is 440 g/mol. The second-order valence-corrected chi connectivity index (χ2v) is 8.45.